The third-order valence-corrected chi connectivity index (χ3v) is 6.09. The van der Waals surface area contributed by atoms with Crippen molar-refractivity contribution in [3.63, 3.8) is 0 Å². The van der Waals surface area contributed by atoms with Crippen LogP contribution in [0.3, 0.4) is 0 Å². The summed E-state index contributed by atoms with van der Waals surface area (Å²) in [5.41, 5.74) is 0.696. The van der Waals surface area contributed by atoms with Gasteiger partial charge in [0.05, 0.1) is 0 Å². The number of thioether (sulfide) groups is 1. The van der Waals surface area contributed by atoms with Crippen LogP contribution in [0.25, 0.3) is 0 Å². The van der Waals surface area contributed by atoms with E-state index in [1.54, 1.807) is 18.3 Å². The van der Waals surface area contributed by atoms with E-state index in [9.17, 15) is 9.90 Å². The fourth-order valence-electron chi connectivity index (χ4n) is 3.49. The van der Waals surface area contributed by atoms with Crippen LogP contribution < -0.4 is 10.2 Å². The van der Waals surface area contributed by atoms with Crippen LogP contribution in [-0.4, -0.2) is 56.5 Å². The van der Waals surface area contributed by atoms with Crippen LogP contribution in [0.4, 0.5) is 5.95 Å². The number of benzene rings is 1. The van der Waals surface area contributed by atoms with E-state index in [4.69, 9.17) is 0 Å². The van der Waals surface area contributed by atoms with Gasteiger partial charge in [-0.2, -0.15) is 0 Å². The Morgan fingerprint density at radius 3 is 2.78 bits per heavy atom. The lowest BCUT2D eigenvalue weighted by molar-refractivity contribution is -0.122. The summed E-state index contributed by atoms with van der Waals surface area (Å²) in [5, 5.41) is 13.9. The van der Waals surface area contributed by atoms with Gasteiger partial charge in [-0.15, -0.1) is 11.8 Å². The van der Waals surface area contributed by atoms with Gasteiger partial charge < -0.3 is 19.9 Å². The standard InChI is InChI=1S/C19H23N5O2S/c1-23-11-8-20-19(23)24-9-6-13(7-10-24)21-17(26)15-12-27-18(22-15)14-4-2-3-5-16(14)25/h2-5,8,11,13,15,25H,6-7,9-10,12H2,1H3,(H,21,26). The van der Waals surface area contributed by atoms with Gasteiger partial charge in [-0.05, 0) is 25.0 Å². The first-order chi connectivity index (χ1) is 13.1. The number of phenolic OH excluding ortho intramolecular Hbond substituents is 1. The van der Waals surface area contributed by atoms with Gasteiger partial charge in [-0.25, -0.2) is 4.98 Å². The van der Waals surface area contributed by atoms with Gasteiger partial charge in [-0.1, -0.05) is 12.1 Å². The molecule has 1 aromatic carbocycles. The van der Waals surface area contributed by atoms with E-state index in [0.717, 1.165) is 36.9 Å². The summed E-state index contributed by atoms with van der Waals surface area (Å²) < 4.78 is 2.02. The summed E-state index contributed by atoms with van der Waals surface area (Å²) in [5.74, 6) is 1.76. The average molecular weight is 385 g/mol. The second-order valence-electron chi connectivity index (χ2n) is 6.89. The Morgan fingerprint density at radius 2 is 2.07 bits per heavy atom. The van der Waals surface area contributed by atoms with Gasteiger partial charge in [0.15, 0.2) is 0 Å². The number of carbonyl (C=O) groups is 1. The van der Waals surface area contributed by atoms with Crippen molar-refractivity contribution in [3.8, 4) is 5.75 Å². The van der Waals surface area contributed by atoms with Crippen LogP contribution in [0.2, 0.25) is 0 Å². The molecule has 0 aliphatic carbocycles. The van der Waals surface area contributed by atoms with Crippen LogP contribution in [0.1, 0.15) is 18.4 Å². The number of nitrogens with one attached hydrogen (secondary N) is 1. The molecule has 2 aliphatic heterocycles. The molecule has 1 atom stereocenters. The highest BCUT2D eigenvalue weighted by Gasteiger charge is 2.29. The Labute approximate surface area is 162 Å². The van der Waals surface area contributed by atoms with Crippen molar-refractivity contribution < 1.29 is 9.90 Å². The molecular formula is C19H23N5O2S. The molecule has 2 N–H and O–H groups in total. The van der Waals surface area contributed by atoms with Crippen LogP contribution >= 0.6 is 11.8 Å². The molecule has 1 fully saturated rings. The molecule has 27 heavy (non-hydrogen) atoms. The molecular weight excluding hydrogens is 362 g/mol. The maximum atomic E-state index is 12.6. The van der Waals surface area contributed by atoms with Crippen LogP contribution in [0.5, 0.6) is 5.75 Å². The molecule has 1 amide bonds. The van der Waals surface area contributed by atoms with Crippen LogP contribution in [0, 0.1) is 0 Å². The van der Waals surface area contributed by atoms with Gasteiger partial charge in [0, 0.05) is 49.9 Å². The number of anilines is 1. The lowest BCUT2D eigenvalue weighted by Crippen LogP contribution is -2.47. The SMILES string of the molecule is Cn1ccnc1N1CCC(NC(=O)C2CSC(c3ccccc3O)=N2)CC1. The number of piperidine rings is 1. The fourth-order valence-corrected chi connectivity index (χ4v) is 4.57. The molecule has 0 bridgehead atoms. The highest BCUT2D eigenvalue weighted by Crippen LogP contribution is 2.28. The van der Waals surface area contributed by atoms with Gasteiger partial charge in [0.2, 0.25) is 11.9 Å². The van der Waals surface area contributed by atoms with Crippen molar-refractivity contribution in [2.75, 3.05) is 23.7 Å². The summed E-state index contributed by atoms with van der Waals surface area (Å²) in [6.45, 7) is 1.75. The first kappa shape index (κ1) is 17.9. The number of carbonyl (C=O) groups excluding carboxylic acids is 1. The lowest BCUT2D eigenvalue weighted by atomic mass is 10.0. The van der Waals surface area contributed by atoms with E-state index in [1.165, 1.54) is 11.8 Å². The number of nitrogens with zero attached hydrogens (tertiary/aromatic N) is 4. The van der Waals surface area contributed by atoms with E-state index in [-0.39, 0.29) is 17.7 Å². The number of aromatic hydroxyl groups is 1. The Balaban J connectivity index is 1.33. The minimum absolute atomic E-state index is 0.0247. The smallest absolute Gasteiger partial charge is 0.245 e. The maximum absolute atomic E-state index is 12.6. The second-order valence-corrected chi connectivity index (χ2v) is 7.89. The lowest BCUT2D eigenvalue weighted by Gasteiger charge is -2.33. The molecule has 0 saturated carbocycles. The summed E-state index contributed by atoms with van der Waals surface area (Å²) in [4.78, 5) is 23.8. The molecule has 2 aliphatic rings. The Bertz CT molecular complexity index is 857. The van der Waals surface area contributed by atoms with E-state index < -0.39 is 6.04 Å². The van der Waals surface area contributed by atoms with Gasteiger partial charge in [0.1, 0.15) is 16.8 Å². The molecule has 1 saturated heterocycles. The van der Waals surface area contributed by atoms with E-state index in [1.807, 2.05) is 29.9 Å². The zero-order valence-electron chi connectivity index (χ0n) is 15.2. The maximum Gasteiger partial charge on any atom is 0.245 e. The number of aliphatic imine (C=N–C) groups is 1. The van der Waals surface area contributed by atoms with Crippen molar-refractivity contribution in [2.24, 2.45) is 12.0 Å². The Hall–Kier alpha value is -2.48. The van der Waals surface area contributed by atoms with Crippen molar-refractivity contribution >= 4 is 28.7 Å². The van der Waals surface area contributed by atoms with Gasteiger partial charge in [-0.3, -0.25) is 9.79 Å². The minimum Gasteiger partial charge on any atom is -0.507 e. The zero-order valence-corrected chi connectivity index (χ0v) is 16.0. The molecule has 142 valence electrons. The second kappa shape index (κ2) is 7.64. The number of aromatic nitrogens is 2. The summed E-state index contributed by atoms with van der Waals surface area (Å²) in [7, 11) is 1.99. The minimum atomic E-state index is -0.392. The third kappa shape index (κ3) is 3.80. The number of para-hydroxylation sites is 1. The quantitative estimate of drug-likeness (QED) is 0.838. The Kier molecular flexibility index (Phi) is 5.07. The summed E-state index contributed by atoms with van der Waals surface area (Å²) >= 11 is 1.52. The first-order valence-electron chi connectivity index (χ1n) is 9.13. The molecule has 1 unspecified atom stereocenters. The highest BCUT2D eigenvalue weighted by molar-refractivity contribution is 8.14. The molecule has 0 radical (unpaired) electrons. The summed E-state index contributed by atoms with van der Waals surface area (Å²) in [6.07, 6.45) is 5.55. The number of rotatable bonds is 4. The van der Waals surface area contributed by atoms with Gasteiger partial charge >= 0.3 is 0 Å². The largest absolute Gasteiger partial charge is 0.507 e. The number of hydrogen-bond acceptors (Lipinski definition) is 6. The van der Waals surface area contributed by atoms with Crippen LogP contribution in [0.15, 0.2) is 41.7 Å². The molecule has 8 heteroatoms. The molecule has 1 aromatic heterocycles. The van der Waals surface area contributed by atoms with Crippen molar-refractivity contribution in [2.45, 2.75) is 24.9 Å². The number of hydrogen-bond donors (Lipinski definition) is 2. The fraction of sp³-hybridized carbons (Fsp3) is 0.421. The molecule has 0 spiro atoms. The zero-order chi connectivity index (χ0) is 18.8. The predicted octanol–water partition coefficient (Wildman–Crippen LogP) is 1.77. The van der Waals surface area contributed by atoms with Crippen molar-refractivity contribution in [3.05, 3.63) is 42.2 Å². The number of phenols is 1. The summed E-state index contributed by atoms with van der Waals surface area (Å²) in [6, 6.07) is 6.89. The number of imidazole rings is 1. The third-order valence-electron chi connectivity index (χ3n) is 5.01. The average Bonchev–Trinajstić information content (AvgIpc) is 3.32. The molecule has 4 rings (SSSR count). The van der Waals surface area contributed by atoms with Gasteiger partial charge in [0.25, 0.3) is 0 Å². The molecule has 7 nitrogen and oxygen atoms in total. The van der Waals surface area contributed by atoms with E-state index in [0.29, 0.717) is 11.3 Å². The first-order valence-corrected chi connectivity index (χ1v) is 10.1. The monoisotopic (exact) mass is 385 g/mol. The molecule has 3 heterocycles. The number of aryl methyl sites for hydroxylation is 1. The van der Waals surface area contributed by atoms with E-state index >= 15 is 0 Å². The number of amides is 1. The van der Waals surface area contributed by atoms with Crippen LogP contribution in [-0.2, 0) is 11.8 Å². The topological polar surface area (TPSA) is 82.8 Å². The predicted molar refractivity (Wildman–Crippen MR) is 107 cm³/mol. The van der Waals surface area contributed by atoms with Crippen molar-refractivity contribution in [1.29, 1.82) is 0 Å². The highest BCUT2D eigenvalue weighted by atomic mass is 32.2. The van der Waals surface area contributed by atoms with Crippen molar-refractivity contribution in [1.82, 2.24) is 14.9 Å². The Morgan fingerprint density at radius 1 is 1.30 bits per heavy atom. The normalized spacial score (nSPS) is 20.6. The van der Waals surface area contributed by atoms with E-state index in [2.05, 4.69) is 20.2 Å². The molecule has 2 aromatic rings.